The van der Waals surface area contributed by atoms with Crippen molar-refractivity contribution in [2.75, 3.05) is 30.9 Å². The lowest BCUT2D eigenvalue weighted by molar-refractivity contribution is -0.116. The number of anilines is 2. The summed E-state index contributed by atoms with van der Waals surface area (Å²) in [5.41, 5.74) is 1.71. The minimum absolute atomic E-state index is 0.0125. The lowest BCUT2D eigenvalue weighted by Gasteiger charge is -2.18. The zero-order chi connectivity index (χ0) is 13.8. The molecule has 1 aliphatic carbocycles. The van der Waals surface area contributed by atoms with E-state index in [1.165, 1.54) is 12.8 Å². The van der Waals surface area contributed by atoms with Gasteiger partial charge in [0.25, 0.3) is 0 Å². The Morgan fingerprint density at radius 1 is 1.42 bits per heavy atom. The molecule has 0 saturated heterocycles. The third-order valence-corrected chi connectivity index (χ3v) is 3.31. The summed E-state index contributed by atoms with van der Waals surface area (Å²) in [7, 11) is 3.88. The van der Waals surface area contributed by atoms with Crippen molar-refractivity contribution >= 4 is 28.9 Å². The highest BCUT2D eigenvalue weighted by atomic mass is 35.5. The zero-order valence-electron chi connectivity index (χ0n) is 11.4. The van der Waals surface area contributed by atoms with E-state index < -0.39 is 0 Å². The van der Waals surface area contributed by atoms with Gasteiger partial charge in [-0.05, 0) is 31.0 Å². The molecule has 0 aromatic heterocycles. The van der Waals surface area contributed by atoms with E-state index in [1.807, 2.05) is 31.1 Å². The number of hydrogen-bond donors (Lipinski definition) is 2. The van der Waals surface area contributed by atoms with E-state index in [4.69, 9.17) is 11.6 Å². The Morgan fingerprint density at radius 2 is 2.16 bits per heavy atom. The second kappa shape index (κ2) is 6.26. The smallest absolute Gasteiger partial charge is 0.225 e. The van der Waals surface area contributed by atoms with Crippen LogP contribution in [0.25, 0.3) is 0 Å². The molecule has 4 nitrogen and oxygen atoms in total. The van der Waals surface area contributed by atoms with Crippen molar-refractivity contribution in [3.8, 4) is 0 Å². The van der Waals surface area contributed by atoms with E-state index in [2.05, 4.69) is 10.6 Å². The third kappa shape index (κ3) is 4.40. The molecule has 0 radical (unpaired) electrons. The number of carbonyl (C=O) groups excluding carboxylic acids is 1. The molecule has 104 valence electrons. The minimum atomic E-state index is 0.0125. The number of nitrogens with zero attached hydrogens (tertiary/aromatic N) is 1. The largest absolute Gasteiger partial charge is 0.376 e. The van der Waals surface area contributed by atoms with E-state index in [9.17, 15) is 4.79 Å². The lowest BCUT2D eigenvalue weighted by Crippen LogP contribution is -2.24. The second-order valence-electron chi connectivity index (χ2n) is 5.08. The van der Waals surface area contributed by atoms with Crippen molar-refractivity contribution in [2.45, 2.75) is 25.3 Å². The summed E-state index contributed by atoms with van der Waals surface area (Å²) in [4.78, 5) is 13.8. The summed E-state index contributed by atoms with van der Waals surface area (Å²) in [5, 5.41) is 6.87. The first-order chi connectivity index (χ1) is 9.06. The fraction of sp³-hybridized carbons (Fsp3) is 0.500. The van der Waals surface area contributed by atoms with Gasteiger partial charge in [-0.1, -0.05) is 11.6 Å². The fourth-order valence-corrected chi connectivity index (χ4v) is 2.06. The summed E-state index contributed by atoms with van der Waals surface area (Å²) in [6, 6.07) is 6.14. The molecule has 0 aliphatic heterocycles. The Hall–Kier alpha value is -1.26. The Bertz CT molecular complexity index is 458. The molecule has 1 saturated carbocycles. The van der Waals surface area contributed by atoms with Gasteiger partial charge in [0.15, 0.2) is 0 Å². The normalized spacial score (nSPS) is 14.3. The number of carbonyl (C=O) groups is 1. The van der Waals surface area contributed by atoms with E-state index in [0.717, 1.165) is 17.9 Å². The van der Waals surface area contributed by atoms with E-state index in [1.54, 1.807) is 6.07 Å². The summed E-state index contributed by atoms with van der Waals surface area (Å²) in [6.07, 6.45) is 2.96. The molecular weight excluding hydrogens is 262 g/mol. The van der Waals surface area contributed by atoms with Crippen LogP contribution in [0.4, 0.5) is 11.4 Å². The number of amides is 1. The molecule has 1 aromatic carbocycles. The second-order valence-corrected chi connectivity index (χ2v) is 5.52. The van der Waals surface area contributed by atoms with Crippen LogP contribution in [0.3, 0.4) is 0 Å². The molecule has 19 heavy (non-hydrogen) atoms. The molecule has 0 spiro atoms. The Morgan fingerprint density at radius 3 is 2.79 bits per heavy atom. The molecular formula is C14H20ClN3O. The first kappa shape index (κ1) is 14.2. The van der Waals surface area contributed by atoms with E-state index in [-0.39, 0.29) is 5.91 Å². The molecule has 1 amide bonds. The van der Waals surface area contributed by atoms with Gasteiger partial charge in [0.2, 0.25) is 5.91 Å². The van der Waals surface area contributed by atoms with Gasteiger partial charge < -0.3 is 15.5 Å². The summed E-state index contributed by atoms with van der Waals surface area (Å²) in [6.45, 7) is 0.731. The monoisotopic (exact) mass is 281 g/mol. The highest BCUT2D eigenvalue weighted by Crippen LogP contribution is 2.27. The van der Waals surface area contributed by atoms with Gasteiger partial charge in [-0.3, -0.25) is 4.79 Å². The number of nitrogens with one attached hydrogen (secondary N) is 2. The number of hydrogen-bond acceptors (Lipinski definition) is 3. The molecule has 1 aliphatic rings. The van der Waals surface area contributed by atoms with Crippen molar-refractivity contribution in [1.29, 1.82) is 0 Å². The highest BCUT2D eigenvalue weighted by molar-refractivity contribution is 6.31. The molecule has 2 N–H and O–H groups in total. The maximum Gasteiger partial charge on any atom is 0.225 e. The van der Waals surface area contributed by atoms with Crippen LogP contribution in [-0.4, -0.2) is 32.6 Å². The molecule has 5 heteroatoms. The number of benzene rings is 1. The predicted octanol–water partition coefficient (Wildman–Crippen LogP) is 2.49. The quantitative estimate of drug-likeness (QED) is 0.842. The Labute approximate surface area is 119 Å². The Kier molecular flexibility index (Phi) is 4.66. The minimum Gasteiger partial charge on any atom is -0.376 e. The van der Waals surface area contributed by atoms with Gasteiger partial charge in [-0.25, -0.2) is 0 Å². The van der Waals surface area contributed by atoms with Crippen LogP contribution in [0.15, 0.2) is 18.2 Å². The molecule has 2 rings (SSSR count). The number of rotatable bonds is 6. The average Bonchev–Trinajstić information content (AvgIpc) is 3.12. The van der Waals surface area contributed by atoms with E-state index in [0.29, 0.717) is 17.5 Å². The van der Waals surface area contributed by atoms with Crippen molar-refractivity contribution in [3.05, 3.63) is 23.2 Å². The average molecular weight is 282 g/mol. The van der Waals surface area contributed by atoms with Crippen molar-refractivity contribution < 1.29 is 4.79 Å². The summed E-state index contributed by atoms with van der Waals surface area (Å²) >= 11 is 5.98. The van der Waals surface area contributed by atoms with Crippen LogP contribution in [0.2, 0.25) is 5.02 Å². The van der Waals surface area contributed by atoms with Gasteiger partial charge in [-0.15, -0.1) is 0 Å². The van der Waals surface area contributed by atoms with Crippen LogP contribution in [0, 0.1) is 0 Å². The molecule has 0 unspecified atom stereocenters. The highest BCUT2D eigenvalue weighted by Gasteiger charge is 2.20. The first-order valence-electron chi connectivity index (χ1n) is 6.56. The molecule has 0 heterocycles. The van der Waals surface area contributed by atoms with Crippen LogP contribution in [0.1, 0.15) is 19.3 Å². The summed E-state index contributed by atoms with van der Waals surface area (Å²) < 4.78 is 0. The maximum atomic E-state index is 11.9. The fourth-order valence-electron chi connectivity index (χ4n) is 1.89. The third-order valence-electron chi connectivity index (χ3n) is 3.08. The molecule has 0 bridgehead atoms. The van der Waals surface area contributed by atoms with Gasteiger partial charge in [-0.2, -0.15) is 0 Å². The van der Waals surface area contributed by atoms with Crippen molar-refractivity contribution in [3.63, 3.8) is 0 Å². The standard InChI is InChI=1S/C14H20ClN3O/c1-18(2)13-6-3-10(15)9-12(13)17-14(19)7-8-16-11-4-5-11/h3,6,9,11,16H,4-5,7-8H2,1-2H3,(H,17,19). The topological polar surface area (TPSA) is 44.4 Å². The van der Waals surface area contributed by atoms with Crippen LogP contribution in [-0.2, 0) is 4.79 Å². The molecule has 1 fully saturated rings. The van der Waals surface area contributed by atoms with Crippen molar-refractivity contribution in [1.82, 2.24) is 5.32 Å². The van der Waals surface area contributed by atoms with Gasteiger partial charge in [0.05, 0.1) is 11.4 Å². The number of halogens is 1. The Balaban J connectivity index is 1.92. The first-order valence-corrected chi connectivity index (χ1v) is 6.94. The van der Waals surface area contributed by atoms with Gasteiger partial charge in [0.1, 0.15) is 0 Å². The predicted molar refractivity (Wildman–Crippen MR) is 80.1 cm³/mol. The maximum absolute atomic E-state index is 11.9. The zero-order valence-corrected chi connectivity index (χ0v) is 12.1. The van der Waals surface area contributed by atoms with Crippen molar-refractivity contribution in [2.24, 2.45) is 0 Å². The van der Waals surface area contributed by atoms with Gasteiger partial charge >= 0.3 is 0 Å². The van der Waals surface area contributed by atoms with Crippen LogP contribution >= 0.6 is 11.6 Å². The molecule has 1 aromatic rings. The van der Waals surface area contributed by atoms with Crippen LogP contribution in [0.5, 0.6) is 0 Å². The lowest BCUT2D eigenvalue weighted by atomic mass is 10.2. The van der Waals surface area contributed by atoms with Gasteiger partial charge in [0, 0.05) is 38.1 Å². The summed E-state index contributed by atoms with van der Waals surface area (Å²) in [5.74, 6) is 0.0125. The molecule has 0 atom stereocenters. The van der Waals surface area contributed by atoms with Crippen LogP contribution < -0.4 is 15.5 Å². The SMILES string of the molecule is CN(C)c1ccc(Cl)cc1NC(=O)CCNC1CC1. The van der Waals surface area contributed by atoms with E-state index >= 15 is 0 Å².